The van der Waals surface area contributed by atoms with Crippen LogP contribution in [0.3, 0.4) is 0 Å². The number of benzene rings is 3. The maximum absolute atomic E-state index is 11.2. The van der Waals surface area contributed by atoms with Crippen molar-refractivity contribution in [3.05, 3.63) is 89.5 Å². The number of ether oxygens (including phenoxy) is 2. The van der Waals surface area contributed by atoms with Crippen LogP contribution in [0.5, 0.6) is 11.5 Å². The zero-order chi connectivity index (χ0) is 24.0. The van der Waals surface area contributed by atoms with E-state index in [1.165, 1.54) is 5.56 Å². The summed E-state index contributed by atoms with van der Waals surface area (Å²) in [5.41, 5.74) is 3.41. The summed E-state index contributed by atoms with van der Waals surface area (Å²) < 4.78 is 10.9. The molecule has 0 spiro atoms. The number of hydrogen-bond acceptors (Lipinski definition) is 5. The Labute approximate surface area is 204 Å². The summed E-state index contributed by atoms with van der Waals surface area (Å²) in [6, 6.07) is 23.0. The van der Waals surface area contributed by atoms with E-state index < -0.39 is 5.97 Å². The first kappa shape index (κ1) is 22.7. The van der Waals surface area contributed by atoms with E-state index in [2.05, 4.69) is 39.4 Å². The minimum Gasteiger partial charge on any atom is -0.478 e. The molecule has 180 valence electrons. The van der Waals surface area contributed by atoms with Gasteiger partial charge in [-0.15, -0.1) is 0 Å². The van der Waals surface area contributed by atoms with Crippen molar-refractivity contribution in [2.75, 3.05) is 38.3 Å². The van der Waals surface area contributed by atoms with E-state index in [1.54, 1.807) is 24.3 Å². The third-order valence-electron chi connectivity index (χ3n) is 6.16. The first-order valence-electron chi connectivity index (χ1n) is 11.7. The van der Waals surface area contributed by atoms with E-state index >= 15 is 0 Å². The molecule has 1 fully saturated rings. The van der Waals surface area contributed by atoms with Crippen LogP contribution >= 0.6 is 0 Å². The second-order valence-corrected chi connectivity index (χ2v) is 8.58. The van der Waals surface area contributed by atoms with Gasteiger partial charge in [0.15, 0.2) is 17.5 Å². The summed E-state index contributed by atoms with van der Waals surface area (Å²) in [4.78, 5) is 20.7. The Hall–Kier alpha value is -4.04. The molecular formula is C27H28N4O4. The molecule has 0 saturated carbocycles. The number of hydrogen-bond donors (Lipinski definition) is 2. The lowest BCUT2D eigenvalue weighted by molar-refractivity contribution is 0.0697. The number of nitrogens with one attached hydrogen (secondary N) is 1. The highest BCUT2D eigenvalue weighted by molar-refractivity contribution is 5.94. The Balaban J connectivity index is 1.25. The second kappa shape index (κ2) is 10.5. The lowest BCUT2D eigenvalue weighted by Gasteiger charge is -2.36. The van der Waals surface area contributed by atoms with Crippen LogP contribution < -0.4 is 14.8 Å². The Morgan fingerprint density at radius 1 is 0.886 bits per heavy atom. The van der Waals surface area contributed by atoms with Gasteiger partial charge in [-0.05, 0) is 47.5 Å². The Kier molecular flexibility index (Phi) is 6.81. The maximum atomic E-state index is 11.2. The molecule has 35 heavy (non-hydrogen) atoms. The average Bonchev–Trinajstić information content (AvgIpc) is 3.36. The van der Waals surface area contributed by atoms with Crippen molar-refractivity contribution in [2.24, 2.45) is 4.99 Å². The van der Waals surface area contributed by atoms with Gasteiger partial charge in [-0.1, -0.05) is 36.4 Å². The van der Waals surface area contributed by atoms with Crippen LogP contribution in [0.15, 0.2) is 77.8 Å². The number of aromatic carboxylic acids is 1. The zero-order valence-corrected chi connectivity index (χ0v) is 19.4. The average molecular weight is 473 g/mol. The highest BCUT2D eigenvalue weighted by atomic mass is 16.7. The summed E-state index contributed by atoms with van der Waals surface area (Å²) in [5, 5.41) is 12.6. The minimum absolute atomic E-state index is 0.260. The molecule has 0 aliphatic carbocycles. The third kappa shape index (κ3) is 5.73. The van der Waals surface area contributed by atoms with Crippen LogP contribution in [0.4, 0.5) is 5.69 Å². The molecule has 0 unspecified atom stereocenters. The zero-order valence-electron chi connectivity index (χ0n) is 19.4. The number of piperazine rings is 1. The predicted octanol–water partition coefficient (Wildman–Crippen LogP) is 3.90. The largest absolute Gasteiger partial charge is 0.478 e. The van der Waals surface area contributed by atoms with Crippen molar-refractivity contribution in [2.45, 2.75) is 13.1 Å². The number of carboxylic acids is 1. The van der Waals surface area contributed by atoms with E-state index in [-0.39, 0.29) is 12.4 Å². The Morgan fingerprint density at radius 2 is 1.63 bits per heavy atom. The van der Waals surface area contributed by atoms with Gasteiger partial charge < -0.3 is 24.8 Å². The van der Waals surface area contributed by atoms with Crippen LogP contribution in [-0.4, -0.2) is 59.8 Å². The van der Waals surface area contributed by atoms with E-state index in [9.17, 15) is 9.90 Å². The van der Waals surface area contributed by atoms with Crippen LogP contribution in [0.25, 0.3) is 0 Å². The van der Waals surface area contributed by atoms with Gasteiger partial charge in [-0.3, -0.25) is 4.90 Å². The topological polar surface area (TPSA) is 86.6 Å². The first-order chi connectivity index (χ1) is 17.1. The molecule has 0 bridgehead atoms. The number of aliphatic imine (C=N–C) groups is 1. The predicted molar refractivity (Wildman–Crippen MR) is 134 cm³/mol. The van der Waals surface area contributed by atoms with Crippen molar-refractivity contribution >= 4 is 17.6 Å². The number of rotatable bonds is 6. The summed E-state index contributed by atoms with van der Waals surface area (Å²) >= 11 is 0. The third-order valence-corrected chi connectivity index (χ3v) is 6.16. The van der Waals surface area contributed by atoms with Gasteiger partial charge >= 0.3 is 5.97 Å². The highest BCUT2D eigenvalue weighted by Gasteiger charge is 2.21. The summed E-state index contributed by atoms with van der Waals surface area (Å²) in [6.45, 7) is 5.17. The SMILES string of the molecule is O=C(O)c1ccc(NC(=NCc2ccccc2)N2CCN(Cc3ccc4c(c3)OCO4)CC2)cc1. The fourth-order valence-electron chi connectivity index (χ4n) is 4.21. The number of nitrogens with zero attached hydrogens (tertiary/aromatic N) is 3. The molecule has 3 aromatic carbocycles. The molecular weight excluding hydrogens is 444 g/mol. The number of guanidine groups is 1. The molecule has 8 heteroatoms. The van der Waals surface area contributed by atoms with Gasteiger partial charge in [-0.25, -0.2) is 9.79 Å². The molecule has 1 saturated heterocycles. The van der Waals surface area contributed by atoms with Crippen LogP contribution in [-0.2, 0) is 13.1 Å². The quantitative estimate of drug-likeness (QED) is 0.416. The van der Waals surface area contributed by atoms with Crippen molar-refractivity contribution in [1.82, 2.24) is 9.80 Å². The fourth-order valence-corrected chi connectivity index (χ4v) is 4.21. The standard InChI is InChI=1S/C27H28N4O4/c32-26(33)22-7-9-23(10-8-22)29-27(28-17-20-4-2-1-3-5-20)31-14-12-30(13-15-31)18-21-6-11-24-25(16-21)35-19-34-24/h1-11,16H,12-15,17-19H2,(H,28,29)(H,32,33). The smallest absolute Gasteiger partial charge is 0.335 e. The van der Waals surface area contributed by atoms with Crippen molar-refractivity contribution < 1.29 is 19.4 Å². The minimum atomic E-state index is -0.937. The van der Waals surface area contributed by atoms with Crippen LogP contribution in [0.1, 0.15) is 21.5 Å². The molecule has 0 aromatic heterocycles. The normalized spacial score (nSPS) is 15.8. The number of fused-ring (bicyclic) bond motifs is 1. The lowest BCUT2D eigenvalue weighted by Crippen LogP contribution is -2.50. The van der Waals surface area contributed by atoms with Gasteiger partial charge in [-0.2, -0.15) is 0 Å². The van der Waals surface area contributed by atoms with E-state index in [0.29, 0.717) is 6.54 Å². The fraction of sp³-hybridized carbons (Fsp3) is 0.259. The van der Waals surface area contributed by atoms with Gasteiger partial charge in [0.1, 0.15) is 0 Å². The van der Waals surface area contributed by atoms with Crippen molar-refractivity contribution in [1.29, 1.82) is 0 Å². The molecule has 2 N–H and O–H groups in total. The first-order valence-corrected chi connectivity index (χ1v) is 11.7. The van der Waals surface area contributed by atoms with E-state index in [1.807, 2.05) is 24.3 Å². The highest BCUT2D eigenvalue weighted by Crippen LogP contribution is 2.32. The van der Waals surface area contributed by atoms with Gasteiger partial charge in [0.25, 0.3) is 0 Å². The molecule has 0 radical (unpaired) electrons. The monoisotopic (exact) mass is 472 g/mol. The molecule has 2 heterocycles. The lowest BCUT2D eigenvalue weighted by atomic mass is 10.1. The van der Waals surface area contributed by atoms with E-state index in [0.717, 1.165) is 61.4 Å². The molecule has 8 nitrogen and oxygen atoms in total. The molecule has 5 rings (SSSR count). The van der Waals surface area contributed by atoms with Gasteiger partial charge in [0, 0.05) is 38.4 Å². The van der Waals surface area contributed by atoms with Crippen molar-refractivity contribution in [3.63, 3.8) is 0 Å². The summed E-state index contributed by atoms with van der Waals surface area (Å²) in [6.07, 6.45) is 0. The van der Waals surface area contributed by atoms with Gasteiger partial charge in [0.2, 0.25) is 6.79 Å². The van der Waals surface area contributed by atoms with Crippen molar-refractivity contribution in [3.8, 4) is 11.5 Å². The molecule has 0 atom stereocenters. The number of anilines is 1. The molecule has 2 aliphatic heterocycles. The molecule has 0 amide bonds. The van der Waals surface area contributed by atoms with Crippen LogP contribution in [0.2, 0.25) is 0 Å². The number of carbonyl (C=O) groups is 1. The summed E-state index contributed by atoms with van der Waals surface area (Å²) in [7, 11) is 0. The maximum Gasteiger partial charge on any atom is 0.335 e. The van der Waals surface area contributed by atoms with E-state index in [4.69, 9.17) is 14.5 Å². The Morgan fingerprint density at radius 3 is 2.37 bits per heavy atom. The summed E-state index contributed by atoms with van der Waals surface area (Å²) in [5.74, 6) is 1.47. The number of carboxylic acid groups (broad SMARTS) is 1. The molecule has 3 aromatic rings. The van der Waals surface area contributed by atoms with Gasteiger partial charge in [0.05, 0.1) is 12.1 Å². The Bertz CT molecular complexity index is 1190. The molecule has 2 aliphatic rings. The van der Waals surface area contributed by atoms with Crippen LogP contribution in [0, 0.1) is 0 Å². The second-order valence-electron chi connectivity index (χ2n) is 8.58.